The number of hydrogen-bond donors (Lipinski definition) is 0. The Balaban J connectivity index is 1.01. The highest BCUT2D eigenvalue weighted by atomic mass is 16.3. The van der Waals surface area contributed by atoms with Gasteiger partial charge in [0.15, 0.2) is 17.5 Å². The molecular weight excluding hydrogens is 769 g/mol. The van der Waals surface area contributed by atoms with E-state index in [1.807, 2.05) is 54.6 Å². The maximum atomic E-state index is 6.32. The van der Waals surface area contributed by atoms with Crippen LogP contribution in [-0.4, -0.2) is 19.5 Å². The third-order valence-corrected chi connectivity index (χ3v) is 13.5. The van der Waals surface area contributed by atoms with E-state index in [4.69, 9.17) is 19.4 Å². The van der Waals surface area contributed by atoms with E-state index in [-0.39, 0.29) is 0 Å². The molecule has 0 saturated carbocycles. The van der Waals surface area contributed by atoms with Crippen LogP contribution in [0.25, 0.3) is 106 Å². The fraction of sp³-hybridized carbons (Fsp3) is 0.0172. The van der Waals surface area contributed by atoms with Crippen molar-refractivity contribution in [3.63, 3.8) is 0 Å². The van der Waals surface area contributed by atoms with Gasteiger partial charge in [0, 0.05) is 49.5 Å². The number of para-hydroxylation sites is 2. The van der Waals surface area contributed by atoms with Crippen LogP contribution in [0, 0.1) is 0 Å². The van der Waals surface area contributed by atoms with E-state index < -0.39 is 5.41 Å². The number of aromatic nitrogens is 4. The number of rotatable bonds is 4. The van der Waals surface area contributed by atoms with Gasteiger partial charge in [-0.05, 0) is 75.3 Å². The molecule has 0 N–H and O–H groups in total. The van der Waals surface area contributed by atoms with Crippen molar-refractivity contribution in [2.24, 2.45) is 0 Å². The van der Waals surface area contributed by atoms with Gasteiger partial charge in [0.1, 0.15) is 11.2 Å². The molecule has 0 radical (unpaired) electrons. The van der Waals surface area contributed by atoms with Crippen LogP contribution >= 0.6 is 0 Å². The van der Waals surface area contributed by atoms with E-state index in [9.17, 15) is 0 Å². The molecule has 3 aromatic heterocycles. The molecule has 2 aliphatic carbocycles. The molecule has 0 amide bonds. The van der Waals surface area contributed by atoms with Crippen molar-refractivity contribution in [2.45, 2.75) is 5.41 Å². The Bertz CT molecular complexity index is 3830. The minimum atomic E-state index is -0.447. The molecule has 0 bridgehead atoms. The lowest BCUT2D eigenvalue weighted by Crippen LogP contribution is -2.25. The zero-order chi connectivity index (χ0) is 41.2. The van der Waals surface area contributed by atoms with Crippen LogP contribution in [-0.2, 0) is 5.41 Å². The number of nitrogens with zero attached hydrogens (tertiary/aromatic N) is 4. The summed E-state index contributed by atoms with van der Waals surface area (Å²) in [5.74, 6) is 1.79. The van der Waals surface area contributed by atoms with Gasteiger partial charge in [-0.25, -0.2) is 15.0 Å². The summed E-state index contributed by atoms with van der Waals surface area (Å²) in [6.45, 7) is 0. The zero-order valence-electron chi connectivity index (χ0n) is 33.8. The largest absolute Gasteiger partial charge is 0.456 e. The normalized spacial score (nSPS) is 13.2. The molecule has 5 heteroatoms. The van der Waals surface area contributed by atoms with E-state index in [2.05, 4.69) is 156 Å². The maximum Gasteiger partial charge on any atom is 0.164 e. The molecule has 14 rings (SSSR count). The first-order valence-electron chi connectivity index (χ1n) is 21.4. The summed E-state index contributed by atoms with van der Waals surface area (Å²) >= 11 is 0. The highest BCUT2D eigenvalue weighted by Crippen LogP contribution is 2.64. The van der Waals surface area contributed by atoms with Gasteiger partial charge in [-0.1, -0.05) is 170 Å². The van der Waals surface area contributed by atoms with Crippen LogP contribution in [0.5, 0.6) is 0 Å². The molecular formula is C58H34N4O. The fourth-order valence-electron chi connectivity index (χ4n) is 10.9. The average Bonchev–Trinajstić information content (AvgIpc) is 4.08. The van der Waals surface area contributed by atoms with Crippen molar-refractivity contribution in [1.82, 2.24) is 19.5 Å². The summed E-state index contributed by atoms with van der Waals surface area (Å²) in [5.41, 5.74) is 17.7. The Hall–Kier alpha value is -8.41. The van der Waals surface area contributed by atoms with Crippen LogP contribution in [0.2, 0.25) is 0 Å². The minimum Gasteiger partial charge on any atom is -0.456 e. The lowest BCUT2D eigenvalue weighted by atomic mass is 9.70. The Morgan fingerprint density at radius 3 is 1.68 bits per heavy atom. The Morgan fingerprint density at radius 1 is 0.365 bits per heavy atom. The first-order chi connectivity index (χ1) is 31.2. The summed E-state index contributed by atoms with van der Waals surface area (Å²) < 4.78 is 8.78. The van der Waals surface area contributed by atoms with Gasteiger partial charge in [0.05, 0.1) is 16.4 Å². The fourth-order valence-corrected chi connectivity index (χ4v) is 10.9. The molecule has 5 nitrogen and oxygen atoms in total. The SMILES string of the molecule is c1ccc(-c2nc(-c3cccc(-n4c5ccccc5c5ccc6c(c54)-c4ccccc4C64c5ccccc5-c5ccccc54)c3)nc(-c3ccc4c(c3)oc3ccccc34)n2)cc1. The molecule has 0 unspecified atom stereocenters. The van der Waals surface area contributed by atoms with E-state index in [0.717, 1.165) is 49.8 Å². The third-order valence-electron chi connectivity index (χ3n) is 13.5. The van der Waals surface area contributed by atoms with Crippen molar-refractivity contribution in [1.29, 1.82) is 0 Å². The monoisotopic (exact) mass is 802 g/mol. The molecule has 0 saturated heterocycles. The molecule has 3 heterocycles. The number of hydrogen-bond acceptors (Lipinski definition) is 4. The van der Waals surface area contributed by atoms with Gasteiger partial charge >= 0.3 is 0 Å². The Labute approximate surface area is 362 Å². The van der Waals surface area contributed by atoms with Crippen molar-refractivity contribution in [3.8, 4) is 62.1 Å². The predicted molar refractivity (Wildman–Crippen MR) is 254 cm³/mol. The van der Waals surface area contributed by atoms with Crippen LogP contribution in [0.15, 0.2) is 211 Å². The molecule has 292 valence electrons. The van der Waals surface area contributed by atoms with Gasteiger partial charge < -0.3 is 8.98 Å². The van der Waals surface area contributed by atoms with Gasteiger partial charge in [-0.2, -0.15) is 0 Å². The Morgan fingerprint density at radius 2 is 0.921 bits per heavy atom. The van der Waals surface area contributed by atoms with Crippen LogP contribution < -0.4 is 0 Å². The molecule has 2 aliphatic rings. The Kier molecular flexibility index (Phi) is 6.97. The summed E-state index contributed by atoms with van der Waals surface area (Å²) in [4.78, 5) is 15.5. The first kappa shape index (κ1) is 34.3. The van der Waals surface area contributed by atoms with Crippen LogP contribution in [0.1, 0.15) is 22.3 Å². The van der Waals surface area contributed by atoms with E-state index in [1.54, 1.807) is 0 Å². The summed E-state index contributed by atoms with van der Waals surface area (Å²) in [5, 5.41) is 4.58. The third kappa shape index (κ3) is 4.68. The minimum absolute atomic E-state index is 0.447. The molecule has 63 heavy (non-hydrogen) atoms. The second kappa shape index (κ2) is 12.8. The molecule has 0 fully saturated rings. The van der Waals surface area contributed by atoms with Crippen molar-refractivity contribution >= 4 is 43.7 Å². The van der Waals surface area contributed by atoms with E-state index in [1.165, 1.54) is 60.8 Å². The van der Waals surface area contributed by atoms with Crippen molar-refractivity contribution < 1.29 is 4.42 Å². The first-order valence-corrected chi connectivity index (χ1v) is 21.4. The number of benzene rings is 9. The average molecular weight is 803 g/mol. The molecule has 0 atom stereocenters. The highest BCUT2D eigenvalue weighted by molar-refractivity contribution is 6.16. The number of furan rings is 1. The highest BCUT2D eigenvalue weighted by Gasteiger charge is 2.52. The van der Waals surface area contributed by atoms with Gasteiger partial charge in [-0.15, -0.1) is 0 Å². The standard InChI is InChI=1S/C58H34N4O/c1-2-15-35(16-3-1)55-59-56(61-57(60-55)37-29-30-43-42-22-8-13-28-51(42)63-52(43)34-37)36-17-14-18-38(33-36)62-50-27-12-7-21-41(50)44-31-32-49-53(54(44)62)45-23-6-11-26-48(45)58(49)46-24-9-4-19-39(46)40-20-5-10-25-47(40)58/h1-34H. The van der Waals surface area contributed by atoms with Crippen LogP contribution in [0.3, 0.4) is 0 Å². The summed E-state index contributed by atoms with van der Waals surface area (Å²) in [7, 11) is 0. The zero-order valence-corrected chi connectivity index (χ0v) is 33.8. The predicted octanol–water partition coefficient (Wildman–Crippen LogP) is 14.2. The lowest BCUT2D eigenvalue weighted by molar-refractivity contribution is 0.669. The van der Waals surface area contributed by atoms with Gasteiger partial charge in [0.2, 0.25) is 0 Å². The van der Waals surface area contributed by atoms with E-state index in [0.29, 0.717) is 17.5 Å². The second-order valence-corrected chi connectivity index (χ2v) is 16.7. The van der Waals surface area contributed by atoms with E-state index >= 15 is 0 Å². The lowest BCUT2D eigenvalue weighted by Gasteiger charge is -2.30. The molecule has 12 aromatic rings. The van der Waals surface area contributed by atoms with Gasteiger partial charge in [-0.3, -0.25) is 0 Å². The molecule has 0 aliphatic heterocycles. The van der Waals surface area contributed by atoms with Crippen molar-refractivity contribution in [3.05, 3.63) is 229 Å². The maximum absolute atomic E-state index is 6.32. The number of fused-ring (bicyclic) bond motifs is 17. The van der Waals surface area contributed by atoms with Crippen molar-refractivity contribution in [2.75, 3.05) is 0 Å². The van der Waals surface area contributed by atoms with Crippen LogP contribution in [0.4, 0.5) is 0 Å². The summed E-state index contributed by atoms with van der Waals surface area (Å²) in [6.07, 6.45) is 0. The molecule has 9 aromatic carbocycles. The summed E-state index contributed by atoms with van der Waals surface area (Å²) in [6, 6.07) is 73.8. The smallest absolute Gasteiger partial charge is 0.164 e. The van der Waals surface area contributed by atoms with Gasteiger partial charge in [0.25, 0.3) is 0 Å². The second-order valence-electron chi connectivity index (χ2n) is 16.7. The quantitative estimate of drug-likeness (QED) is 0.178. The molecule has 1 spiro atoms. The topological polar surface area (TPSA) is 56.7 Å².